The van der Waals surface area contributed by atoms with E-state index in [0.29, 0.717) is 17.2 Å². The van der Waals surface area contributed by atoms with Crippen molar-refractivity contribution < 1.29 is 9.59 Å². The van der Waals surface area contributed by atoms with E-state index in [4.69, 9.17) is 0 Å². The molecule has 31 heavy (non-hydrogen) atoms. The Labute approximate surface area is 185 Å². The molecule has 5 nitrogen and oxygen atoms in total. The van der Waals surface area contributed by atoms with Gasteiger partial charge in [-0.2, -0.15) is 0 Å². The molecule has 2 amide bonds. The van der Waals surface area contributed by atoms with E-state index in [-0.39, 0.29) is 23.8 Å². The molecule has 0 aromatic heterocycles. The van der Waals surface area contributed by atoms with Crippen LogP contribution in [0, 0.1) is 5.92 Å². The van der Waals surface area contributed by atoms with E-state index in [2.05, 4.69) is 34.6 Å². The van der Waals surface area contributed by atoms with Gasteiger partial charge in [0.2, 0.25) is 5.91 Å². The fourth-order valence-electron chi connectivity index (χ4n) is 4.40. The highest BCUT2D eigenvalue weighted by atomic mass is 16.2. The Bertz CT molecular complexity index is 922. The molecule has 2 aromatic rings. The number of nitrogens with one attached hydrogen (secondary N) is 2. The van der Waals surface area contributed by atoms with Gasteiger partial charge in [-0.15, -0.1) is 0 Å². The first-order chi connectivity index (χ1) is 15.1. The zero-order valence-corrected chi connectivity index (χ0v) is 18.6. The Kier molecular flexibility index (Phi) is 6.59. The zero-order chi connectivity index (χ0) is 21.8. The Hall–Kier alpha value is -2.82. The first-order valence-electron chi connectivity index (χ1n) is 11.6. The molecule has 164 valence electrons. The van der Waals surface area contributed by atoms with Crippen molar-refractivity contribution in [1.82, 2.24) is 5.32 Å². The van der Waals surface area contributed by atoms with Crippen LogP contribution in [0.5, 0.6) is 0 Å². The topological polar surface area (TPSA) is 61.4 Å². The summed E-state index contributed by atoms with van der Waals surface area (Å²) in [6.45, 7) is 6.01. The molecule has 0 bridgehead atoms. The van der Waals surface area contributed by atoms with Gasteiger partial charge in [-0.05, 0) is 68.7 Å². The van der Waals surface area contributed by atoms with Gasteiger partial charge in [0, 0.05) is 36.4 Å². The van der Waals surface area contributed by atoms with Crippen molar-refractivity contribution in [1.29, 1.82) is 0 Å². The number of hydrogen-bond acceptors (Lipinski definition) is 3. The van der Waals surface area contributed by atoms with Crippen LogP contribution in [0.1, 0.15) is 67.8 Å². The lowest BCUT2D eigenvalue weighted by molar-refractivity contribution is -0.117. The second-order valence-corrected chi connectivity index (χ2v) is 8.91. The monoisotopic (exact) mass is 419 g/mol. The van der Waals surface area contributed by atoms with Gasteiger partial charge in [0.15, 0.2) is 0 Å². The van der Waals surface area contributed by atoms with Crippen molar-refractivity contribution in [3.63, 3.8) is 0 Å². The molecular formula is C26H33N3O2. The molecule has 0 radical (unpaired) electrons. The number of carbonyl (C=O) groups is 2. The van der Waals surface area contributed by atoms with Crippen molar-refractivity contribution in [3.8, 4) is 0 Å². The van der Waals surface area contributed by atoms with E-state index in [1.54, 1.807) is 0 Å². The summed E-state index contributed by atoms with van der Waals surface area (Å²) in [5.74, 6) is 0.260. The molecule has 2 N–H and O–H groups in total. The van der Waals surface area contributed by atoms with Gasteiger partial charge < -0.3 is 15.5 Å². The number of rotatable bonds is 7. The molecule has 1 saturated heterocycles. The standard InChI is InChI=1S/C26H33N3O2/c1-3-18(2)27-26(31)23-16-20(12-13-24(23)29-14-8-5-9-15-29)28-25(30)22-17-21(22)19-10-6-4-7-11-19/h4,6-7,10-13,16,18,21-22H,3,5,8-9,14-15,17H2,1-2H3,(H,27,31)(H,28,30)/t18-,21-,22-/m0/s1. The fourth-order valence-corrected chi connectivity index (χ4v) is 4.40. The van der Waals surface area contributed by atoms with E-state index in [0.717, 1.165) is 44.5 Å². The summed E-state index contributed by atoms with van der Waals surface area (Å²) in [6.07, 6.45) is 5.29. The molecule has 2 fully saturated rings. The molecule has 2 aromatic carbocycles. The number of carbonyl (C=O) groups excluding carboxylic acids is 2. The molecule has 1 heterocycles. The molecule has 3 atom stereocenters. The van der Waals surface area contributed by atoms with Crippen LogP contribution in [0.25, 0.3) is 0 Å². The maximum Gasteiger partial charge on any atom is 0.253 e. The third-order valence-electron chi connectivity index (χ3n) is 6.55. The highest BCUT2D eigenvalue weighted by Crippen LogP contribution is 2.48. The average Bonchev–Trinajstić information content (AvgIpc) is 3.61. The van der Waals surface area contributed by atoms with Gasteiger partial charge in [0.25, 0.3) is 5.91 Å². The third kappa shape index (κ3) is 5.09. The molecule has 1 aliphatic carbocycles. The summed E-state index contributed by atoms with van der Waals surface area (Å²) < 4.78 is 0. The minimum atomic E-state index is -0.0698. The van der Waals surface area contributed by atoms with Gasteiger partial charge in [-0.25, -0.2) is 0 Å². The number of amides is 2. The van der Waals surface area contributed by atoms with Crippen molar-refractivity contribution in [3.05, 3.63) is 59.7 Å². The van der Waals surface area contributed by atoms with E-state index in [9.17, 15) is 9.59 Å². The van der Waals surface area contributed by atoms with Crippen LogP contribution in [-0.2, 0) is 4.79 Å². The smallest absolute Gasteiger partial charge is 0.253 e. The lowest BCUT2D eigenvalue weighted by Crippen LogP contribution is -2.35. The Balaban J connectivity index is 1.51. The maximum absolute atomic E-state index is 13.0. The molecule has 5 heteroatoms. The summed E-state index contributed by atoms with van der Waals surface area (Å²) in [4.78, 5) is 28.2. The second kappa shape index (κ2) is 9.54. The molecule has 1 saturated carbocycles. The van der Waals surface area contributed by atoms with Crippen molar-refractivity contribution >= 4 is 23.2 Å². The second-order valence-electron chi connectivity index (χ2n) is 8.91. The average molecular weight is 420 g/mol. The molecule has 0 unspecified atom stereocenters. The van der Waals surface area contributed by atoms with Crippen LogP contribution < -0.4 is 15.5 Å². The quantitative estimate of drug-likeness (QED) is 0.668. The number of nitrogens with zero attached hydrogens (tertiary/aromatic N) is 1. The van der Waals surface area contributed by atoms with E-state index < -0.39 is 0 Å². The predicted octanol–water partition coefficient (Wildman–Crippen LogP) is 4.95. The van der Waals surface area contributed by atoms with E-state index in [1.807, 2.05) is 43.3 Å². The van der Waals surface area contributed by atoms with E-state index >= 15 is 0 Å². The fraction of sp³-hybridized carbons (Fsp3) is 0.462. The number of piperidine rings is 1. The van der Waals surface area contributed by atoms with Gasteiger partial charge in [0.1, 0.15) is 0 Å². The molecule has 4 rings (SSSR count). The summed E-state index contributed by atoms with van der Waals surface area (Å²) in [7, 11) is 0. The first-order valence-corrected chi connectivity index (χ1v) is 11.6. The van der Waals surface area contributed by atoms with Crippen molar-refractivity contribution in [2.24, 2.45) is 5.92 Å². The van der Waals surface area contributed by atoms with Crippen LogP contribution >= 0.6 is 0 Å². The third-order valence-corrected chi connectivity index (χ3v) is 6.55. The zero-order valence-electron chi connectivity index (χ0n) is 18.6. The van der Waals surface area contributed by atoms with Crippen molar-refractivity contribution in [2.45, 2.75) is 57.9 Å². The molecule has 1 aliphatic heterocycles. The predicted molar refractivity (Wildman–Crippen MR) is 126 cm³/mol. The normalized spacial score (nSPS) is 21.3. The van der Waals surface area contributed by atoms with Crippen LogP contribution in [-0.4, -0.2) is 30.9 Å². The highest BCUT2D eigenvalue weighted by molar-refractivity contribution is 6.02. The molecule has 2 aliphatic rings. The van der Waals surface area contributed by atoms with Gasteiger partial charge in [0.05, 0.1) is 5.56 Å². The van der Waals surface area contributed by atoms with Crippen LogP contribution in [0.2, 0.25) is 0 Å². The number of hydrogen-bond donors (Lipinski definition) is 2. The summed E-state index contributed by atoms with van der Waals surface area (Å²) >= 11 is 0. The van der Waals surface area contributed by atoms with Gasteiger partial charge >= 0.3 is 0 Å². The van der Waals surface area contributed by atoms with Crippen molar-refractivity contribution in [2.75, 3.05) is 23.3 Å². The Morgan fingerprint density at radius 2 is 1.81 bits per heavy atom. The van der Waals surface area contributed by atoms with Crippen LogP contribution in [0.15, 0.2) is 48.5 Å². The number of benzene rings is 2. The van der Waals surface area contributed by atoms with E-state index in [1.165, 1.54) is 12.0 Å². The van der Waals surface area contributed by atoms with Crippen LogP contribution in [0.3, 0.4) is 0 Å². The summed E-state index contributed by atoms with van der Waals surface area (Å²) in [6, 6.07) is 16.1. The molecule has 0 spiro atoms. The Morgan fingerprint density at radius 3 is 2.52 bits per heavy atom. The SMILES string of the molecule is CC[C@H](C)NC(=O)c1cc(NC(=O)[C@H]2C[C@H]2c2ccccc2)ccc1N1CCCCC1. The van der Waals surface area contributed by atoms with Gasteiger partial charge in [-0.1, -0.05) is 37.3 Å². The Morgan fingerprint density at radius 1 is 1.06 bits per heavy atom. The largest absolute Gasteiger partial charge is 0.371 e. The lowest BCUT2D eigenvalue weighted by Gasteiger charge is -2.31. The van der Waals surface area contributed by atoms with Gasteiger partial charge in [-0.3, -0.25) is 9.59 Å². The molecular weight excluding hydrogens is 386 g/mol. The minimum absolute atomic E-state index is 0.00145. The summed E-state index contributed by atoms with van der Waals surface area (Å²) in [5, 5.41) is 6.15. The minimum Gasteiger partial charge on any atom is -0.371 e. The first kappa shape index (κ1) is 21.4. The summed E-state index contributed by atoms with van der Waals surface area (Å²) in [5.41, 5.74) is 3.53. The van der Waals surface area contributed by atoms with Crippen LogP contribution in [0.4, 0.5) is 11.4 Å². The number of anilines is 2. The lowest BCUT2D eigenvalue weighted by atomic mass is 10.0. The maximum atomic E-state index is 13.0. The highest BCUT2D eigenvalue weighted by Gasteiger charge is 2.43.